The molecule has 0 radical (unpaired) electrons. The van der Waals surface area contributed by atoms with E-state index in [1.54, 1.807) is 0 Å². The standard InChI is InChI=1S/C12H18N4/c1-10-12(13-3)11(2)16(14-10)9-8-15-6-4-5-7-15/h4-7,13H,8-9H2,1-3H3. The van der Waals surface area contributed by atoms with Crippen LogP contribution in [0, 0.1) is 13.8 Å². The molecule has 86 valence electrons. The Bertz CT molecular complexity index is 454. The predicted molar refractivity (Wildman–Crippen MR) is 65.7 cm³/mol. The van der Waals surface area contributed by atoms with Gasteiger partial charge in [-0.3, -0.25) is 4.68 Å². The topological polar surface area (TPSA) is 34.8 Å². The fourth-order valence-electron chi connectivity index (χ4n) is 2.01. The van der Waals surface area contributed by atoms with Gasteiger partial charge < -0.3 is 9.88 Å². The van der Waals surface area contributed by atoms with Crippen molar-refractivity contribution in [3.63, 3.8) is 0 Å². The Hall–Kier alpha value is -1.71. The fraction of sp³-hybridized carbons (Fsp3) is 0.417. The molecule has 4 heteroatoms. The molecule has 2 aromatic heterocycles. The summed E-state index contributed by atoms with van der Waals surface area (Å²) < 4.78 is 4.22. The number of aryl methyl sites for hydroxylation is 3. The molecule has 0 saturated heterocycles. The first kappa shape index (κ1) is 10.8. The molecule has 2 rings (SSSR count). The molecule has 0 amide bonds. The van der Waals surface area contributed by atoms with Gasteiger partial charge in [-0.1, -0.05) is 0 Å². The van der Waals surface area contributed by atoms with Gasteiger partial charge in [0.25, 0.3) is 0 Å². The molecule has 0 aliphatic heterocycles. The van der Waals surface area contributed by atoms with Crippen molar-refractivity contribution in [1.29, 1.82) is 0 Å². The minimum absolute atomic E-state index is 0.906. The minimum atomic E-state index is 0.906. The van der Waals surface area contributed by atoms with Gasteiger partial charge in [-0.25, -0.2) is 0 Å². The summed E-state index contributed by atoms with van der Waals surface area (Å²) in [5.74, 6) is 0. The molecule has 0 aliphatic carbocycles. The summed E-state index contributed by atoms with van der Waals surface area (Å²) in [7, 11) is 1.94. The maximum atomic E-state index is 4.52. The fourth-order valence-corrected chi connectivity index (χ4v) is 2.01. The van der Waals surface area contributed by atoms with Gasteiger partial charge in [0.05, 0.1) is 23.6 Å². The van der Waals surface area contributed by atoms with Crippen LogP contribution in [0.4, 0.5) is 5.69 Å². The van der Waals surface area contributed by atoms with Crippen LogP contribution in [0.1, 0.15) is 11.4 Å². The van der Waals surface area contributed by atoms with Crippen molar-refractivity contribution >= 4 is 5.69 Å². The van der Waals surface area contributed by atoms with Crippen molar-refractivity contribution in [2.75, 3.05) is 12.4 Å². The van der Waals surface area contributed by atoms with Gasteiger partial charge >= 0.3 is 0 Å². The van der Waals surface area contributed by atoms with E-state index in [1.807, 2.05) is 26.1 Å². The summed E-state index contributed by atoms with van der Waals surface area (Å²) >= 11 is 0. The summed E-state index contributed by atoms with van der Waals surface area (Å²) in [4.78, 5) is 0. The molecule has 2 heterocycles. The van der Waals surface area contributed by atoms with Crippen LogP contribution in [0.15, 0.2) is 24.5 Å². The highest BCUT2D eigenvalue weighted by Crippen LogP contribution is 2.18. The summed E-state index contributed by atoms with van der Waals surface area (Å²) in [5.41, 5.74) is 3.41. The largest absolute Gasteiger partial charge is 0.385 e. The number of nitrogens with one attached hydrogen (secondary N) is 1. The first-order valence-corrected chi connectivity index (χ1v) is 5.55. The SMILES string of the molecule is CNc1c(C)nn(CCn2cccc2)c1C. The average molecular weight is 218 g/mol. The third-order valence-corrected chi connectivity index (χ3v) is 2.87. The summed E-state index contributed by atoms with van der Waals surface area (Å²) in [6.07, 6.45) is 4.15. The quantitative estimate of drug-likeness (QED) is 0.852. The predicted octanol–water partition coefficient (Wildman–Crippen LogP) is 2.04. The van der Waals surface area contributed by atoms with Crippen LogP contribution in [0.2, 0.25) is 0 Å². The van der Waals surface area contributed by atoms with Gasteiger partial charge in [-0.15, -0.1) is 0 Å². The number of anilines is 1. The van der Waals surface area contributed by atoms with Crippen molar-refractivity contribution in [3.05, 3.63) is 35.9 Å². The van der Waals surface area contributed by atoms with Gasteiger partial charge in [0.15, 0.2) is 0 Å². The van der Waals surface area contributed by atoms with Gasteiger partial charge in [0, 0.05) is 26.0 Å². The monoisotopic (exact) mass is 218 g/mol. The molecule has 16 heavy (non-hydrogen) atoms. The lowest BCUT2D eigenvalue weighted by Crippen LogP contribution is -2.09. The molecule has 2 aromatic rings. The number of rotatable bonds is 4. The van der Waals surface area contributed by atoms with E-state index in [2.05, 4.69) is 39.0 Å². The van der Waals surface area contributed by atoms with Gasteiger partial charge in [-0.2, -0.15) is 5.10 Å². The molecule has 0 saturated carbocycles. The van der Waals surface area contributed by atoms with Crippen LogP contribution < -0.4 is 5.32 Å². The number of hydrogen-bond acceptors (Lipinski definition) is 2. The maximum Gasteiger partial charge on any atom is 0.0827 e. The Morgan fingerprint density at radius 3 is 2.44 bits per heavy atom. The second-order valence-corrected chi connectivity index (χ2v) is 3.94. The van der Waals surface area contributed by atoms with Crippen molar-refractivity contribution in [2.45, 2.75) is 26.9 Å². The minimum Gasteiger partial charge on any atom is -0.385 e. The Labute approximate surface area is 95.9 Å². The van der Waals surface area contributed by atoms with Crippen molar-refractivity contribution in [2.24, 2.45) is 0 Å². The lowest BCUT2D eigenvalue weighted by atomic mass is 10.3. The lowest BCUT2D eigenvalue weighted by Gasteiger charge is -2.06. The molecule has 4 nitrogen and oxygen atoms in total. The Morgan fingerprint density at radius 1 is 1.19 bits per heavy atom. The number of aromatic nitrogens is 3. The Morgan fingerprint density at radius 2 is 1.88 bits per heavy atom. The van der Waals surface area contributed by atoms with E-state index in [0.29, 0.717) is 0 Å². The van der Waals surface area contributed by atoms with Crippen LogP contribution in [0.25, 0.3) is 0 Å². The molecular formula is C12H18N4. The first-order valence-electron chi connectivity index (χ1n) is 5.55. The summed E-state index contributed by atoms with van der Waals surface area (Å²) in [6.45, 7) is 5.99. The van der Waals surface area contributed by atoms with Crippen molar-refractivity contribution in [1.82, 2.24) is 14.3 Å². The Balaban J connectivity index is 2.10. The zero-order valence-corrected chi connectivity index (χ0v) is 10.1. The summed E-state index contributed by atoms with van der Waals surface area (Å²) in [5, 5.41) is 7.71. The molecule has 0 spiro atoms. The zero-order valence-electron chi connectivity index (χ0n) is 10.1. The van der Waals surface area contributed by atoms with Crippen molar-refractivity contribution in [3.8, 4) is 0 Å². The highest BCUT2D eigenvalue weighted by atomic mass is 15.3. The zero-order chi connectivity index (χ0) is 11.5. The lowest BCUT2D eigenvalue weighted by molar-refractivity contribution is 0.522. The van der Waals surface area contributed by atoms with Crippen LogP contribution in [-0.2, 0) is 13.1 Å². The number of nitrogens with zero attached hydrogens (tertiary/aromatic N) is 3. The normalized spacial score (nSPS) is 10.7. The van der Waals surface area contributed by atoms with Crippen LogP contribution in [0.5, 0.6) is 0 Å². The maximum absolute atomic E-state index is 4.52. The molecule has 0 unspecified atom stereocenters. The smallest absolute Gasteiger partial charge is 0.0827 e. The van der Waals surface area contributed by atoms with Crippen LogP contribution >= 0.6 is 0 Å². The molecule has 0 aliphatic rings. The second-order valence-electron chi connectivity index (χ2n) is 3.94. The van der Waals surface area contributed by atoms with Gasteiger partial charge in [-0.05, 0) is 26.0 Å². The highest BCUT2D eigenvalue weighted by Gasteiger charge is 2.08. The average Bonchev–Trinajstić information content (AvgIpc) is 2.85. The third-order valence-electron chi connectivity index (χ3n) is 2.87. The van der Waals surface area contributed by atoms with E-state index in [9.17, 15) is 0 Å². The molecular weight excluding hydrogens is 200 g/mol. The second kappa shape index (κ2) is 4.43. The van der Waals surface area contributed by atoms with Crippen molar-refractivity contribution < 1.29 is 0 Å². The third kappa shape index (κ3) is 1.96. The van der Waals surface area contributed by atoms with E-state index >= 15 is 0 Å². The molecule has 0 fully saturated rings. The van der Waals surface area contributed by atoms with Gasteiger partial charge in [0.2, 0.25) is 0 Å². The highest BCUT2D eigenvalue weighted by molar-refractivity contribution is 5.51. The molecule has 0 bridgehead atoms. The van der Waals surface area contributed by atoms with Crippen LogP contribution in [-0.4, -0.2) is 21.4 Å². The molecule has 0 atom stereocenters. The molecule has 0 aromatic carbocycles. The summed E-state index contributed by atoms with van der Waals surface area (Å²) in [6, 6.07) is 4.08. The van der Waals surface area contributed by atoms with E-state index in [1.165, 1.54) is 5.69 Å². The first-order chi connectivity index (χ1) is 7.72. The van der Waals surface area contributed by atoms with E-state index < -0.39 is 0 Å². The Kier molecular flexibility index (Phi) is 2.99. The van der Waals surface area contributed by atoms with E-state index in [-0.39, 0.29) is 0 Å². The number of hydrogen-bond donors (Lipinski definition) is 1. The van der Waals surface area contributed by atoms with E-state index in [4.69, 9.17) is 0 Å². The van der Waals surface area contributed by atoms with E-state index in [0.717, 1.165) is 24.5 Å². The van der Waals surface area contributed by atoms with Gasteiger partial charge in [0.1, 0.15) is 0 Å². The molecule has 1 N–H and O–H groups in total. The van der Waals surface area contributed by atoms with Crippen LogP contribution in [0.3, 0.4) is 0 Å².